The Morgan fingerprint density at radius 1 is 1.16 bits per heavy atom. The molecule has 1 unspecified atom stereocenters. The van der Waals surface area contributed by atoms with Crippen molar-refractivity contribution in [2.45, 2.75) is 18.8 Å². The van der Waals surface area contributed by atoms with Crippen LogP contribution in [0.4, 0.5) is 0 Å². The summed E-state index contributed by atoms with van der Waals surface area (Å²) in [5.74, 6) is 0. The van der Waals surface area contributed by atoms with Crippen LogP contribution in [0.2, 0.25) is 0 Å². The largest absolute Gasteiger partial charge is 0.197 e. The van der Waals surface area contributed by atoms with Gasteiger partial charge in [0.2, 0.25) is 0 Å². The highest BCUT2D eigenvalue weighted by atomic mass is 14.5. The molecule has 0 amide bonds. The summed E-state index contributed by atoms with van der Waals surface area (Å²) in [6, 6.07) is 18.9. The van der Waals surface area contributed by atoms with E-state index in [4.69, 9.17) is 0 Å². The van der Waals surface area contributed by atoms with Gasteiger partial charge in [0.25, 0.3) is 0 Å². The van der Waals surface area contributed by atoms with Crippen LogP contribution >= 0.6 is 0 Å². The lowest BCUT2D eigenvalue weighted by atomic mass is 9.60. The zero-order valence-electron chi connectivity index (χ0n) is 11.0. The van der Waals surface area contributed by atoms with E-state index in [0.717, 1.165) is 23.1 Å². The molecule has 0 N–H and O–H groups in total. The van der Waals surface area contributed by atoms with E-state index in [9.17, 15) is 5.26 Å². The third kappa shape index (κ3) is 1.61. The lowest BCUT2D eigenvalue weighted by molar-refractivity contribution is 0.613. The molecule has 3 rings (SSSR count). The van der Waals surface area contributed by atoms with E-state index in [1.165, 1.54) is 11.1 Å². The van der Waals surface area contributed by atoms with Crippen LogP contribution in [0.25, 0.3) is 5.57 Å². The highest BCUT2D eigenvalue weighted by Crippen LogP contribution is 2.48. The van der Waals surface area contributed by atoms with Gasteiger partial charge in [0.15, 0.2) is 0 Å². The van der Waals surface area contributed by atoms with Crippen molar-refractivity contribution >= 4 is 5.57 Å². The predicted molar refractivity (Wildman–Crippen MR) is 77.7 cm³/mol. The third-order valence-corrected chi connectivity index (χ3v) is 4.04. The van der Waals surface area contributed by atoms with E-state index in [2.05, 4.69) is 49.9 Å². The van der Waals surface area contributed by atoms with Crippen molar-refractivity contribution in [3.05, 3.63) is 77.4 Å². The number of rotatable bonds is 2. The second-order valence-electron chi connectivity index (χ2n) is 5.20. The molecule has 0 aromatic heterocycles. The quantitative estimate of drug-likeness (QED) is 0.783. The van der Waals surface area contributed by atoms with Gasteiger partial charge in [0, 0.05) is 0 Å². The summed E-state index contributed by atoms with van der Waals surface area (Å²) in [7, 11) is 0. The maximum atomic E-state index is 9.66. The normalized spacial score (nSPS) is 20.0. The molecule has 0 spiro atoms. The summed E-state index contributed by atoms with van der Waals surface area (Å²) in [6.07, 6.45) is 0.770. The first kappa shape index (κ1) is 11.7. The maximum Gasteiger partial charge on any atom is 0.111 e. The lowest BCUT2D eigenvalue weighted by Crippen LogP contribution is -2.38. The van der Waals surface area contributed by atoms with Gasteiger partial charge in [-0.3, -0.25) is 0 Å². The second-order valence-corrected chi connectivity index (χ2v) is 5.20. The molecule has 1 aliphatic carbocycles. The van der Waals surface area contributed by atoms with E-state index < -0.39 is 5.41 Å². The predicted octanol–water partition coefficient (Wildman–Crippen LogP) is 4.03. The molecular weight excluding hydrogens is 230 g/mol. The molecule has 2 aromatic rings. The average molecular weight is 245 g/mol. The Hall–Kier alpha value is -2.33. The van der Waals surface area contributed by atoms with Crippen LogP contribution in [-0.4, -0.2) is 0 Å². The number of aryl methyl sites for hydroxylation is 1. The van der Waals surface area contributed by atoms with Crippen LogP contribution in [0, 0.1) is 18.3 Å². The highest BCUT2D eigenvalue weighted by Gasteiger charge is 2.45. The molecule has 0 fully saturated rings. The minimum absolute atomic E-state index is 0.536. The van der Waals surface area contributed by atoms with Crippen molar-refractivity contribution in [1.29, 1.82) is 5.26 Å². The van der Waals surface area contributed by atoms with E-state index in [1.807, 2.05) is 18.2 Å². The summed E-state index contributed by atoms with van der Waals surface area (Å²) in [4.78, 5) is 0. The standard InChI is InChI=1S/C18H15N/c1-13-7-9-15(10-8-13)14(2)18(12-19)11-16-5-3-4-6-17(16)18/h3-10H,2,11H2,1H3. The van der Waals surface area contributed by atoms with E-state index in [-0.39, 0.29) is 0 Å². The van der Waals surface area contributed by atoms with Crippen LogP contribution in [0.1, 0.15) is 22.3 Å². The molecule has 0 bridgehead atoms. The average Bonchev–Trinajstić information content (AvgIpc) is 2.41. The van der Waals surface area contributed by atoms with Crippen LogP contribution in [-0.2, 0) is 11.8 Å². The Kier molecular flexibility index (Phi) is 2.54. The van der Waals surface area contributed by atoms with Gasteiger partial charge in [0.1, 0.15) is 5.41 Å². The van der Waals surface area contributed by atoms with Gasteiger partial charge < -0.3 is 0 Å². The van der Waals surface area contributed by atoms with Gasteiger partial charge in [-0.05, 0) is 35.6 Å². The van der Waals surface area contributed by atoms with Crippen LogP contribution in [0.3, 0.4) is 0 Å². The first-order chi connectivity index (χ1) is 9.17. The van der Waals surface area contributed by atoms with Gasteiger partial charge in [-0.1, -0.05) is 60.7 Å². The smallest absolute Gasteiger partial charge is 0.111 e. The lowest BCUT2D eigenvalue weighted by Gasteiger charge is -2.40. The first-order valence-electron chi connectivity index (χ1n) is 6.43. The van der Waals surface area contributed by atoms with Crippen molar-refractivity contribution in [3.63, 3.8) is 0 Å². The molecule has 0 radical (unpaired) electrons. The number of hydrogen-bond donors (Lipinski definition) is 0. The fourth-order valence-corrected chi connectivity index (χ4v) is 2.80. The summed E-state index contributed by atoms with van der Waals surface area (Å²) in [5, 5.41) is 9.66. The molecular formula is C18H15N. The molecule has 1 aliphatic rings. The SMILES string of the molecule is C=C(c1ccc(C)cc1)C1(C#N)Cc2ccccc21. The van der Waals surface area contributed by atoms with Gasteiger partial charge in [0.05, 0.1) is 6.07 Å². The Balaban J connectivity index is 2.05. The third-order valence-electron chi connectivity index (χ3n) is 4.04. The Morgan fingerprint density at radius 2 is 1.84 bits per heavy atom. The Bertz CT molecular complexity index is 688. The molecule has 92 valence electrons. The zero-order valence-corrected chi connectivity index (χ0v) is 11.0. The minimum atomic E-state index is -0.536. The summed E-state index contributed by atoms with van der Waals surface area (Å²) in [5.41, 5.74) is 5.03. The van der Waals surface area contributed by atoms with Crippen molar-refractivity contribution in [2.75, 3.05) is 0 Å². The molecule has 0 aliphatic heterocycles. The van der Waals surface area contributed by atoms with Crippen molar-refractivity contribution in [1.82, 2.24) is 0 Å². The van der Waals surface area contributed by atoms with E-state index in [0.29, 0.717) is 0 Å². The minimum Gasteiger partial charge on any atom is -0.197 e. The van der Waals surface area contributed by atoms with Crippen molar-refractivity contribution in [3.8, 4) is 6.07 Å². The molecule has 0 heterocycles. The number of nitrogens with zero attached hydrogens (tertiary/aromatic N) is 1. The Labute approximate surface area is 113 Å². The summed E-state index contributed by atoms with van der Waals surface area (Å²) in [6.45, 7) is 6.26. The number of hydrogen-bond acceptors (Lipinski definition) is 1. The van der Waals surface area contributed by atoms with E-state index in [1.54, 1.807) is 0 Å². The maximum absolute atomic E-state index is 9.66. The van der Waals surface area contributed by atoms with Gasteiger partial charge in [-0.15, -0.1) is 0 Å². The second kappa shape index (κ2) is 4.10. The molecule has 19 heavy (non-hydrogen) atoms. The first-order valence-corrected chi connectivity index (χ1v) is 6.43. The van der Waals surface area contributed by atoms with E-state index >= 15 is 0 Å². The molecule has 1 atom stereocenters. The molecule has 0 saturated heterocycles. The summed E-state index contributed by atoms with van der Waals surface area (Å²) >= 11 is 0. The van der Waals surface area contributed by atoms with Crippen LogP contribution in [0.15, 0.2) is 55.1 Å². The number of benzene rings is 2. The fourth-order valence-electron chi connectivity index (χ4n) is 2.80. The van der Waals surface area contributed by atoms with Gasteiger partial charge >= 0.3 is 0 Å². The van der Waals surface area contributed by atoms with Crippen LogP contribution < -0.4 is 0 Å². The molecule has 0 saturated carbocycles. The van der Waals surface area contributed by atoms with Gasteiger partial charge in [-0.2, -0.15) is 5.26 Å². The number of allylic oxidation sites excluding steroid dienone is 1. The fraction of sp³-hybridized carbons (Fsp3) is 0.167. The monoisotopic (exact) mass is 245 g/mol. The molecule has 1 heteroatoms. The highest BCUT2D eigenvalue weighted by molar-refractivity contribution is 5.81. The van der Waals surface area contributed by atoms with Crippen molar-refractivity contribution < 1.29 is 0 Å². The van der Waals surface area contributed by atoms with Gasteiger partial charge in [-0.25, -0.2) is 0 Å². The molecule has 1 nitrogen and oxygen atoms in total. The molecule has 2 aromatic carbocycles. The van der Waals surface area contributed by atoms with Crippen molar-refractivity contribution in [2.24, 2.45) is 0 Å². The van der Waals surface area contributed by atoms with Crippen LogP contribution in [0.5, 0.6) is 0 Å². The zero-order chi connectivity index (χ0) is 13.5. The topological polar surface area (TPSA) is 23.8 Å². The number of nitriles is 1. The Morgan fingerprint density at radius 3 is 2.47 bits per heavy atom. The summed E-state index contributed by atoms with van der Waals surface area (Å²) < 4.78 is 0. The number of fused-ring (bicyclic) bond motifs is 1.